The van der Waals surface area contributed by atoms with Crippen molar-refractivity contribution in [1.82, 2.24) is 0 Å². The van der Waals surface area contributed by atoms with E-state index in [9.17, 15) is 4.79 Å². The summed E-state index contributed by atoms with van der Waals surface area (Å²) in [4.78, 5) is 11.5. The Labute approximate surface area is 86.3 Å². The highest BCUT2D eigenvalue weighted by Crippen LogP contribution is 2.14. The minimum Gasteiger partial charge on any atom is -0.490 e. The lowest BCUT2D eigenvalue weighted by atomic mass is 10.1. The first kappa shape index (κ1) is 11.3. The van der Waals surface area contributed by atoms with Crippen LogP contribution in [0.15, 0.2) is 11.8 Å². The van der Waals surface area contributed by atoms with E-state index in [0.29, 0.717) is 18.8 Å². The molecule has 0 unspecified atom stereocenters. The zero-order valence-electron chi connectivity index (χ0n) is 9.05. The first-order valence-corrected chi connectivity index (χ1v) is 5.70. The van der Waals surface area contributed by atoms with Crippen LogP contribution >= 0.6 is 0 Å². The number of Topliss-reactive ketones (excluding diaryl/α,β-unsaturated/α-hetero) is 1. The van der Waals surface area contributed by atoms with Crippen LogP contribution in [-0.4, -0.2) is 12.4 Å². The number of carbonyl (C=O) groups excluding carboxylic acids is 1. The molecule has 0 radical (unpaired) electrons. The van der Waals surface area contributed by atoms with Gasteiger partial charge in [0, 0.05) is 12.8 Å². The van der Waals surface area contributed by atoms with Gasteiger partial charge in [-0.2, -0.15) is 0 Å². The van der Waals surface area contributed by atoms with E-state index in [4.69, 9.17) is 4.74 Å². The van der Waals surface area contributed by atoms with Gasteiger partial charge in [0.05, 0.1) is 6.61 Å². The molecule has 0 saturated heterocycles. The maximum absolute atomic E-state index is 11.5. The van der Waals surface area contributed by atoms with E-state index in [1.807, 2.05) is 6.08 Å². The first-order valence-electron chi connectivity index (χ1n) is 5.70. The highest BCUT2D eigenvalue weighted by molar-refractivity contribution is 5.93. The second kappa shape index (κ2) is 6.63. The first-order chi connectivity index (χ1) is 6.84. The quantitative estimate of drug-likeness (QED) is 0.584. The number of ketones is 1. The zero-order valence-corrected chi connectivity index (χ0v) is 9.05. The number of unbranched alkanes of at least 4 members (excludes halogenated alkanes) is 4. The zero-order chi connectivity index (χ0) is 10.2. The SMILES string of the molecule is CCCCCCCC(=O)C1=CCCO1. The van der Waals surface area contributed by atoms with E-state index in [1.54, 1.807) is 0 Å². The highest BCUT2D eigenvalue weighted by atomic mass is 16.5. The average molecular weight is 196 g/mol. The Bertz CT molecular complexity index is 206. The molecule has 0 saturated carbocycles. The van der Waals surface area contributed by atoms with E-state index in [1.165, 1.54) is 25.7 Å². The van der Waals surface area contributed by atoms with E-state index in [-0.39, 0.29) is 5.78 Å². The molecule has 0 spiro atoms. The van der Waals surface area contributed by atoms with Gasteiger partial charge in [-0.05, 0) is 12.5 Å². The van der Waals surface area contributed by atoms with E-state index in [2.05, 4.69) is 6.92 Å². The third-order valence-corrected chi connectivity index (χ3v) is 2.49. The second-order valence-electron chi connectivity index (χ2n) is 3.79. The molecule has 1 heterocycles. The van der Waals surface area contributed by atoms with Gasteiger partial charge in [0.2, 0.25) is 0 Å². The molecule has 0 aliphatic carbocycles. The Morgan fingerprint density at radius 1 is 1.36 bits per heavy atom. The molecule has 2 nitrogen and oxygen atoms in total. The Balaban J connectivity index is 2.03. The molecule has 1 aliphatic rings. The molecule has 0 bridgehead atoms. The van der Waals surface area contributed by atoms with Crippen molar-refractivity contribution < 1.29 is 9.53 Å². The summed E-state index contributed by atoms with van der Waals surface area (Å²) in [6.45, 7) is 2.89. The largest absolute Gasteiger partial charge is 0.490 e. The molecule has 1 aliphatic heterocycles. The molecule has 0 atom stereocenters. The van der Waals surface area contributed by atoms with Gasteiger partial charge in [0.15, 0.2) is 11.5 Å². The van der Waals surface area contributed by atoms with Crippen LogP contribution < -0.4 is 0 Å². The van der Waals surface area contributed by atoms with E-state index < -0.39 is 0 Å². The van der Waals surface area contributed by atoms with Crippen molar-refractivity contribution in [3.8, 4) is 0 Å². The summed E-state index contributed by atoms with van der Waals surface area (Å²) in [7, 11) is 0. The lowest BCUT2D eigenvalue weighted by molar-refractivity contribution is -0.118. The Kier molecular flexibility index (Phi) is 5.35. The molecule has 14 heavy (non-hydrogen) atoms. The minimum absolute atomic E-state index is 0.194. The highest BCUT2D eigenvalue weighted by Gasteiger charge is 2.13. The van der Waals surface area contributed by atoms with Gasteiger partial charge < -0.3 is 4.74 Å². The molecule has 0 N–H and O–H groups in total. The third kappa shape index (κ3) is 3.95. The maximum atomic E-state index is 11.5. The summed E-state index contributed by atoms with van der Waals surface area (Å²) < 4.78 is 5.20. The molecule has 0 fully saturated rings. The Morgan fingerprint density at radius 2 is 2.14 bits per heavy atom. The van der Waals surface area contributed by atoms with E-state index >= 15 is 0 Å². The van der Waals surface area contributed by atoms with Crippen LogP contribution in [0.25, 0.3) is 0 Å². The lowest BCUT2D eigenvalue weighted by Crippen LogP contribution is -2.02. The predicted molar refractivity (Wildman–Crippen MR) is 57.0 cm³/mol. The maximum Gasteiger partial charge on any atom is 0.197 e. The lowest BCUT2D eigenvalue weighted by Gasteiger charge is -2.02. The van der Waals surface area contributed by atoms with Gasteiger partial charge in [0.1, 0.15) is 0 Å². The Hall–Kier alpha value is -0.790. The predicted octanol–water partition coefficient (Wildman–Crippen LogP) is 3.22. The summed E-state index contributed by atoms with van der Waals surface area (Å²) in [5, 5.41) is 0. The monoisotopic (exact) mass is 196 g/mol. The fraction of sp³-hybridized carbons (Fsp3) is 0.750. The number of rotatable bonds is 7. The second-order valence-corrected chi connectivity index (χ2v) is 3.79. The normalized spacial score (nSPS) is 15.1. The van der Waals surface area contributed by atoms with Gasteiger partial charge >= 0.3 is 0 Å². The fourth-order valence-electron chi connectivity index (χ4n) is 1.62. The summed E-state index contributed by atoms with van der Waals surface area (Å²) in [5.41, 5.74) is 0. The van der Waals surface area contributed by atoms with Gasteiger partial charge in [-0.3, -0.25) is 4.79 Å². The van der Waals surface area contributed by atoms with Crippen LogP contribution in [0.3, 0.4) is 0 Å². The number of hydrogen-bond donors (Lipinski definition) is 0. The summed E-state index contributed by atoms with van der Waals surface area (Å²) in [5.74, 6) is 0.805. The Morgan fingerprint density at radius 3 is 2.79 bits per heavy atom. The number of ether oxygens (including phenoxy) is 1. The number of hydrogen-bond acceptors (Lipinski definition) is 2. The molecule has 2 heteroatoms. The van der Waals surface area contributed by atoms with Gasteiger partial charge in [0.25, 0.3) is 0 Å². The van der Waals surface area contributed by atoms with Crippen LogP contribution in [0.2, 0.25) is 0 Å². The van der Waals surface area contributed by atoms with Crippen LogP contribution in [0.4, 0.5) is 0 Å². The minimum atomic E-state index is 0.194. The summed E-state index contributed by atoms with van der Waals surface area (Å²) >= 11 is 0. The van der Waals surface area contributed by atoms with Crippen molar-refractivity contribution in [2.24, 2.45) is 0 Å². The molecular formula is C12H20O2. The van der Waals surface area contributed by atoms with Gasteiger partial charge in [-0.15, -0.1) is 0 Å². The standard InChI is InChI=1S/C12H20O2/c1-2-3-4-5-6-8-11(13)12-9-7-10-14-12/h9H,2-8,10H2,1H3. The average Bonchev–Trinajstić information content (AvgIpc) is 2.70. The van der Waals surface area contributed by atoms with Crippen molar-refractivity contribution in [3.63, 3.8) is 0 Å². The van der Waals surface area contributed by atoms with E-state index in [0.717, 1.165) is 12.8 Å². The van der Waals surface area contributed by atoms with Crippen LogP contribution in [-0.2, 0) is 9.53 Å². The van der Waals surface area contributed by atoms with Crippen molar-refractivity contribution in [2.45, 2.75) is 51.9 Å². The van der Waals surface area contributed by atoms with Crippen LogP contribution in [0.1, 0.15) is 51.9 Å². The molecule has 80 valence electrons. The number of carbonyl (C=O) groups is 1. The molecule has 0 amide bonds. The molecule has 0 aromatic carbocycles. The van der Waals surface area contributed by atoms with Gasteiger partial charge in [-0.25, -0.2) is 0 Å². The number of allylic oxidation sites excluding steroid dienone is 1. The third-order valence-electron chi connectivity index (χ3n) is 2.49. The van der Waals surface area contributed by atoms with Gasteiger partial charge in [-0.1, -0.05) is 32.6 Å². The fourth-order valence-corrected chi connectivity index (χ4v) is 1.62. The smallest absolute Gasteiger partial charge is 0.197 e. The van der Waals surface area contributed by atoms with Crippen LogP contribution in [0.5, 0.6) is 0 Å². The van der Waals surface area contributed by atoms with Crippen LogP contribution in [0, 0.1) is 0 Å². The topological polar surface area (TPSA) is 26.3 Å². The molecular weight excluding hydrogens is 176 g/mol. The summed E-state index contributed by atoms with van der Waals surface area (Å²) in [6.07, 6.45) is 9.45. The van der Waals surface area contributed by atoms with Crippen molar-refractivity contribution in [2.75, 3.05) is 6.61 Å². The van der Waals surface area contributed by atoms with Crippen molar-refractivity contribution in [3.05, 3.63) is 11.8 Å². The molecule has 1 rings (SSSR count). The summed E-state index contributed by atoms with van der Waals surface area (Å²) in [6, 6.07) is 0. The van der Waals surface area contributed by atoms with Crippen molar-refractivity contribution >= 4 is 5.78 Å². The molecule has 0 aromatic rings. The van der Waals surface area contributed by atoms with Crippen molar-refractivity contribution in [1.29, 1.82) is 0 Å². The molecule has 0 aromatic heterocycles.